The van der Waals surface area contributed by atoms with E-state index >= 15 is 4.39 Å². The summed E-state index contributed by atoms with van der Waals surface area (Å²) in [7, 11) is 2.13. The fourth-order valence-corrected chi connectivity index (χ4v) is 5.09. The Morgan fingerprint density at radius 2 is 1.97 bits per heavy atom. The van der Waals surface area contributed by atoms with Gasteiger partial charge in [0.2, 0.25) is 0 Å². The zero-order valence-corrected chi connectivity index (χ0v) is 18.3. The number of fused-ring (bicyclic) bond motifs is 1. The summed E-state index contributed by atoms with van der Waals surface area (Å²) in [5, 5.41) is 18.7. The number of nitrogens with zero attached hydrogens (tertiary/aromatic N) is 3. The number of benzene rings is 1. The molecule has 0 spiro atoms. The van der Waals surface area contributed by atoms with Crippen molar-refractivity contribution in [1.29, 1.82) is 0 Å². The molecule has 2 N–H and O–H groups in total. The number of hydrogen-bond donors (Lipinski definition) is 2. The Bertz CT molecular complexity index is 1170. The van der Waals surface area contributed by atoms with Crippen molar-refractivity contribution < 1.29 is 9.50 Å². The molecular weight excluding hydrogens is 415 g/mol. The van der Waals surface area contributed by atoms with Gasteiger partial charge in [0.15, 0.2) is 5.15 Å². The Hall–Kier alpha value is -2.33. The Morgan fingerprint density at radius 3 is 2.65 bits per heavy atom. The summed E-state index contributed by atoms with van der Waals surface area (Å²) >= 11 is 6.33. The van der Waals surface area contributed by atoms with E-state index in [-0.39, 0.29) is 5.82 Å². The summed E-state index contributed by atoms with van der Waals surface area (Å²) in [5.41, 5.74) is 1.84. The van der Waals surface area contributed by atoms with E-state index in [0.29, 0.717) is 29.6 Å². The summed E-state index contributed by atoms with van der Waals surface area (Å²) in [4.78, 5) is 2.32. The number of H-pyrrole nitrogens is 1. The number of halogens is 2. The first-order chi connectivity index (χ1) is 14.9. The Balaban J connectivity index is 1.64. The predicted octanol–water partition coefficient (Wildman–Crippen LogP) is 4.75. The van der Waals surface area contributed by atoms with Gasteiger partial charge in [-0.3, -0.25) is 5.10 Å². The van der Waals surface area contributed by atoms with Gasteiger partial charge in [0.25, 0.3) is 0 Å². The van der Waals surface area contributed by atoms with E-state index < -0.39 is 5.60 Å². The van der Waals surface area contributed by atoms with Crippen LogP contribution in [0.4, 0.5) is 4.39 Å². The van der Waals surface area contributed by atoms with Crippen molar-refractivity contribution in [2.45, 2.75) is 50.2 Å². The number of likely N-dealkylation sites (tertiary alicyclic amines) is 1. The number of aromatic nitrogens is 3. The number of aliphatic hydroxyl groups is 1. The molecular formula is C24H26ClFN4O. The zero-order valence-electron chi connectivity index (χ0n) is 17.6. The van der Waals surface area contributed by atoms with E-state index in [1.807, 2.05) is 0 Å². The van der Waals surface area contributed by atoms with Crippen molar-refractivity contribution in [1.82, 2.24) is 19.7 Å². The molecule has 2 fully saturated rings. The third kappa shape index (κ3) is 3.87. The number of piperidine rings is 1. The maximum absolute atomic E-state index is 15.1. The van der Waals surface area contributed by atoms with Crippen LogP contribution in [0, 0.1) is 17.7 Å². The topological polar surface area (TPSA) is 57.1 Å². The quantitative estimate of drug-likeness (QED) is 0.565. The third-order valence-electron chi connectivity index (χ3n) is 6.75. The monoisotopic (exact) mass is 440 g/mol. The summed E-state index contributed by atoms with van der Waals surface area (Å²) < 4.78 is 17.3. The first-order valence-electron chi connectivity index (χ1n) is 10.9. The van der Waals surface area contributed by atoms with E-state index in [0.717, 1.165) is 60.8 Å². The molecule has 5 rings (SSSR count). The van der Waals surface area contributed by atoms with Crippen molar-refractivity contribution in [3.05, 3.63) is 41.1 Å². The highest BCUT2D eigenvalue weighted by Crippen LogP contribution is 2.38. The average molecular weight is 441 g/mol. The molecule has 1 saturated carbocycles. The first-order valence-corrected chi connectivity index (χ1v) is 11.3. The van der Waals surface area contributed by atoms with Gasteiger partial charge in [-0.25, -0.2) is 4.39 Å². The number of nitrogens with one attached hydrogen (secondary N) is 1. The molecule has 1 aliphatic heterocycles. The summed E-state index contributed by atoms with van der Waals surface area (Å²) in [6.45, 7) is 2.02. The second-order valence-corrected chi connectivity index (χ2v) is 9.27. The molecule has 3 aromatic rings. The minimum absolute atomic E-state index is 0.300. The number of hydrogen-bond acceptors (Lipinski definition) is 3. The molecule has 5 nitrogen and oxygen atoms in total. The highest BCUT2D eigenvalue weighted by molar-refractivity contribution is 6.32. The molecule has 0 amide bonds. The van der Waals surface area contributed by atoms with Gasteiger partial charge >= 0.3 is 0 Å². The van der Waals surface area contributed by atoms with Crippen LogP contribution in [0.15, 0.2) is 24.5 Å². The fraction of sp³-hybridized carbons (Fsp3) is 0.458. The normalized spacial score (nSPS) is 19.6. The molecule has 162 valence electrons. The van der Waals surface area contributed by atoms with Crippen LogP contribution in [0.3, 0.4) is 0 Å². The van der Waals surface area contributed by atoms with Crippen LogP contribution in [-0.4, -0.2) is 50.5 Å². The summed E-state index contributed by atoms with van der Waals surface area (Å²) in [6, 6.07) is 3.67. The molecule has 2 aliphatic rings. The van der Waals surface area contributed by atoms with Crippen LogP contribution >= 0.6 is 11.6 Å². The molecule has 0 atom stereocenters. The van der Waals surface area contributed by atoms with Crippen LogP contribution in [-0.2, 0) is 0 Å². The van der Waals surface area contributed by atoms with Crippen LogP contribution in [0.25, 0.3) is 22.0 Å². The lowest BCUT2D eigenvalue weighted by molar-refractivity contribution is 0.110. The maximum atomic E-state index is 15.1. The van der Waals surface area contributed by atoms with E-state index in [9.17, 15) is 5.11 Å². The van der Waals surface area contributed by atoms with Crippen molar-refractivity contribution in [2.24, 2.45) is 0 Å². The van der Waals surface area contributed by atoms with Gasteiger partial charge in [-0.2, -0.15) is 5.10 Å². The molecule has 1 saturated heterocycles. The smallest absolute Gasteiger partial charge is 0.158 e. The molecule has 1 aliphatic carbocycles. The van der Waals surface area contributed by atoms with Gasteiger partial charge in [-0.15, -0.1) is 0 Å². The van der Waals surface area contributed by atoms with E-state index in [1.54, 1.807) is 18.3 Å². The van der Waals surface area contributed by atoms with Crippen LogP contribution in [0.5, 0.6) is 0 Å². The number of rotatable bonds is 2. The average Bonchev–Trinajstić information content (AvgIpc) is 3.46. The van der Waals surface area contributed by atoms with Gasteiger partial charge < -0.3 is 14.6 Å². The van der Waals surface area contributed by atoms with Gasteiger partial charge in [-0.05, 0) is 70.8 Å². The van der Waals surface area contributed by atoms with Crippen LogP contribution in [0.2, 0.25) is 5.15 Å². The second kappa shape index (κ2) is 7.98. The lowest BCUT2D eigenvalue weighted by Gasteiger charge is -2.30. The SMILES string of the molecule is CN1CCC(n2cc(-c3c[nH]nc3Cl)c3cc(C#CC4(O)CCCC4)c(F)cc32)CC1. The first kappa shape index (κ1) is 20.6. The molecule has 7 heteroatoms. The minimum atomic E-state index is -1.00. The molecule has 2 aromatic heterocycles. The van der Waals surface area contributed by atoms with E-state index in [4.69, 9.17) is 11.6 Å². The van der Waals surface area contributed by atoms with E-state index in [1.165, 1.54) is 0 Å². The van der Waals surface area contributed by atoms with Crippen molar-refractivity contribution in [3.8, 4) is 23.0 Å². The third-order valence-corrected chi connectivity index (χ3v) is 7.04. The second-order valence-electron chi connectivity index (χ2n) is 8.91. The maximum Gasteiger partial charge on any atom is 0.158 e. The van der Waals surface area contributed by atoms with Gasteiger partial charge in [0.05, 0.1) is 11.1 Å². The predicted molar refractivity (Wildman–Crippen MR) is 121 cm³/mol. The van der Waals surface area contributed by atoms with Gasteiger partial charge in [0, 0.05) is 34.9 Å². The molecule has 1 aromatic carbocycles. The molecule has 0 unspecified atom stereocenters. The summed E-state index contributed by atoms with van der Waals surface area (Å²) in [5.74, 6) is 5.49. The fourth-order valence-electron chi connectivity index (χ4n) is 4.89. The molecule has 0 bridgehead atoms. The van der Waals surface area contributed by atoms with Crippen molar-refractivity contribution in [2.75, 3.05) is 20.1 Å². The Morgan fingerprint density at radius 1 is 1.23 bits per heavy atom. The summed E-state index contributed by atoms with van der Waals surface area (Å²) in [6.07, 6.45) is 9.05. The number of aromatic amines is 1. The van der Waals surface area contributed by atoms with Gasteiger partial charge in [-0.1, -0.05) is 23.4 Å². The molecule has 31 heavy (non-hydrogen) atoms. The Labute approximate surface area is 186 Å². The zero-order chi connectivity index (χ0) is 21.6. The highest BCUT2D eigenvalue weighted by Gasteiger charge is 2.29. The van der Waals surface area contributed by atoms with Gasteiger partial charge in [0.1, 0.15) is 11.4 Å². The van der Waals surface area contributed by atoms with Crippen LogP contribution in [0.1, 0.15) is 50.1 Å². The van der Waals surface area contributed by atoms with E-state index in [2.05, 4.69) is 44.7 Å². The lowest BCUT2D eigenvalue weighted by Crippen LogP contribution is -2.31. The molecule has 3 heterocycles. The minimum Gasteiger partial charge on any atom is -0.378 e. The van der Waals surface area contributed by atoms with Crippen molar-refractivity contribution >= 4 is 22.5 Å². The standard InChI is InChI=1S/C24H26ClFN4O/c1-29-10-5-17(6-11-29)30-15-20(19-14-27-28-23(19)25)18-12-16(21(26)13-22(18)30)4-9-24(31)7-2-3-8-24/h12-15,17,31H,2-3,5-8,10-11H2,1H3,(H,27,28). The largest absolute Gasteiger partial charge is 0.378 e. The lowest BCUT2D eigenvalue weighted by atomic mass is 10.0. The van der Waals surface area contributed by atoms with Crippen LogP contribution < -0.4 is 0 Å². The van der Waals surface area contributed by atoms with Crippen molar-refractivity contribution in [3.63, 3.8) is 0 Å². The Kier molecular flexibility index (Phi) is 5.29. The highest BCUT2D eigenvalue weighted by atomic mass is 35.5. The molecule has 0 radical (unpaired) electrons.